The number of carbonyl (C=O) groups excluding carboxylic acids is 2. The van der Waals surface area contributed by atoms with Gasteiger partial charge in [-0.1, -0.05) is 63.8 Å². The molecule has 1 N–H and O–H groups in total. The standard InChI is InChI=1S/C20H41NO5Si.C10H23ClO2Si.C10H19NO3.3CH4/c1-19(2,3)26-18(22)21-11-9-17(10-12-21)24-15-13-23-14-16-25-27(7,8)20(4,5)6;1-10(2,3)14(4,5)13-9-8-12-7-6-11;1-10(2,3)14-9(13)11-6-4-8(12)5-7-11;;;/h17H,9-16H2,1-8H3;6-9H2,1-5H3;8,12H,4-7H2,1-3H3;3*1H4. The lowest BCUT2D eigenvalue weighted by atomic mass is 10.1. The van der Waals surface area contributed by atoms with Crippen LogP contribution in [0.5, 0.6) is 0 Å². The number of rotatable bonds is 14. The van der Waals surface area contributed by atoms with Crippen LogP contribution in [0, 0.1) is 0 Å². The number of hydrogen-bond donors (Lipinski definition) is 1. The minimum Gasteiger partial charge on any atom is -0.444 e. The van der Waals surface area contributed by atoms with Gasteiger partial charge in [0.2, 0.25) is 0 Å². The molecule has 2 fully saturated rings. The maximum atomic E-state index is 12.0. The molecule has 0 aromatic carbocycles. The first-order chi connectivity index (χ1) is 25.0. The van der Waals surface area contributed by atoms with Gasteiger partial charge in [-0.05, 0) is 103 Å². The van der Waals surface area contributed by atoms with Crippen LogP contribution in [0.4, 0.5) is 9.59 Å². The van der Waals surface area contributed by atoms with Gasteiger partial charge in [-0.3, -0.25) is 0 Å². The molecule has 2 heterocycles. The highest BCUT2D eigenvalue weighted by atomic mass is 35.5. The fraction of sp³-hybridized carbons (Fsp3) is 0.953. The predicted octanol–water partition coefficient (Wildman–Crippen LogP) is 11.0. The van der Waals surface area contributed by atoms with Crippen LogP contribution >= 0.6 is 11.6 Å². The molecule has 0 bridgehead atoms. The highest BCUT2D eigenvalue weighted by Crippen LogP contribution is 2.37. The van der Waals surface area contributed by atoms with Gasteiger partial charge in [-0.25, -0.2) is 9.59 Å². The van der Waals surface area contributed by atoms with Crippen molar-refractivity contribution in [2.24, 2.45) is 0 Å². The zero-order valence-corrected chi connectivity index (χ0v) is 40.6. The van der Waals surface area contributed by atoms with Crippen LogP contribution in [0.1, 0.15) is 131 Å². The second kappa shape index (κ2) is 29.3. The van der Waals surface area contributed by atoms with Crippen molar-refractivity contribution in [3.05, 3.63) is 0 Å². The normalized spacial score (nSPS) is 16.0. The van der Waals surface area contributed by atoms with E-state index in [1.807, 2.05) is 41.5 Å². The van der Waals surface area contributed by atoms with Crippen LogP contribution in [0.25, 0.3) is 0 Å². The number of halogens is 1. The van der Waals surface area contributed by atoms with Gasteiger partial charge in [0.25, 0.3) is 0 Å². The van der Waals surface area contributed by atoms with E-state index in [9.17, 15) is 14.7 Å². The van der Waals surface area contributed by atoms with E-state index in [1.54, 1.807) is 9.80 Å². The molecular weight excluding hydrogens is 796 g/mol. The highest BCUT2D eigenvalue weighted by Gasteiger charge is 2.38. The zero-order valence-electron chi connectivity index (χ0n) is 37.9. The number of hydrogen-bond acceptors (Lipinski definition) is 10. The molecular formula is C43H95ClN2O10Si2. The molecule has 2 rings (SSSR count). The summed E-state index contributed by atoms with van der Waals surface area (Å²) in [7, 11) is -3.26. The number of aliphatic hydroxyl groups is 1. The molecule has 0 aromatic rings. The largest absolute Gasteiger partial charge is 0.444 e. The van der Waals surface area contributed by atoms with Crippen molar-refractivity contribution < 1.29 is 47.2 Å². The van der Waals surface area contributed by atoms with Gasteiger partial charge in [-0.15, -0.1) is 11.6 Å². The summed E-state index contributed by atoms with van der Waals surface area (Å²) in [6.07, 6.45) is 2.42. The van der Waals surface area contributed by atoms with Gasteiger partial charge in [0.05, 0.1) is 58.5 Å². The molecule has 2 amide bonds. The lowest BCUT2D eigenvalue weighted by Crippen LogP contribution is -2.43. The lowest BCUT2D eigenvalue weighted by molar-refractivity contribution is -0.0317. The van der Waals surface area contributed by atoms with Gasteiger partial charge in [0, 0.05) is 32.1 Å². The van der Waals surface area contributed by atoms with Gasteiger partial charge >= 0.3 is 12.2 Å². The number of amides is 2. The van der Waals surface area contributed by atoms with Crippen LogP contribution in [-0.4, -0.2) is 145 Å². The van der Waals surface area contributed by atoms with E-state index in [0.29, 0.717) is 91.1 Å². The third kappa shape index (κ3) is 29.3. The van der Waals surface area contributed by atoms with Crippen LogP contribution in [0.3, 0.4) is 0 Å². The van der Waals surface area contributed by atoms with Gasteiger partial charge in [0.1, 0.15) is 11.2 Å². The number of alkyl halides is 1. The Labute approximate surface area is 365 Å². The van der Waals surface area contributed by atoms with Crippen LogP contribution in [0.15, 0.2) is 0 Å². The summed E-state index contributed by atoms with van der Waals surface area (Å²) < 4.78 is 39.4. The number of nitrogens with zero attached hydrogens (tertiary/aromatic N) is 2. The third-order valence-electron chi connectivity index (χ3n) is 10.0. The topological polar surface area (TPSA) is 125 Å². The molecule has 0 spiro atoms. The molecule has 0 aliphatic carbocycles. The molecule has 0 unspecified atom stereocenters. The maximum absolute atomic E-state index is 12.0. The van der Waals surface area contributed by atoms with E-state index >= 15 is 0 Å². The molecule has 12 nitrogen and oxygen atoms in total. The third-order valence-corrected chi connectivity index (χ3v) is 19.2. The predicted molar refractivity (Wildman–Crippen MR) is 249 cm³/mol. The summed E-state index contributed by atoms with van der Waals surface area (Å²) in [5.41, 5.74) is -0.886. The molecule has 58 heavy (non-hydrogen) atoms. The summed E-state index contributed by atoms with van der Waals surface area (Å²) >= 11 is 5.49. The Morgan fingerprint density at radius 3 is 1.22 bits per heavy atom. The Morgan fingerprint density at radius 2 is 0.897 bits per heavy atom. The molecule has 0 saturated carbocycles. The summed E-state index contributed by atoms with van der Waals surface area (Å²) in [5.74, 6) is 0.556. The SMILES string of the molecule is C.C.C.CC(C)(C)OC(=O)N1CCC(O)CC1.CC(C)(C)OC(=O)N1CCC(OCCOCCO[Si](C)(C)C(C)(C)C)CC1.CC(C)(C)[Si](C)(C)OCCOCCCl. The average molecular weight is 892 g/mol. The summed E-state index contributed by atoms with van der Waals surface area (Å²) in [5, 5.41) is 9.77. The molecule has 0 aromatic heterocycles. The van der Waals surface area contributed by atoms with Gasteiger partial charge in [0.15, 0.2) is 16.6 Å². The van der Waals surface area contributed by atoms with Crippen molar-refractivity contribution in [1.29, 1.82) is 0 Å². The fourth-order valence-corrected chi connectivity index (χ4v) is 6.75. The van der Waals surface area contributed by atoms with Crippen LogP contribution in [-0.2, 0) is 32.5 Å². The summed E-state index contributed by atoms with van der Waals surface area (Å²) in [6, 6.07) is 0. The fourth-order valence-electron chi connectivity index (χ4n) is 4.58. The smallest absolute Gasteiger partial charge is 0.410 e. The average Bonchev–Trinajstić information content (AvgIpc) is 3.02. The minimum atomic E-state index is -1.68. The Bertz CT molecular complexity index is 1060. The van der Waals surface area contributed by atoms with Crippen molar-refractivity contribution >= 4 is 40.4 Å². The van der Waals surface area contributed by atoms with Crippen LogP contribution in [0.2, 0.25) is 36.3 Å². The van der Waals surface area contributed by atoms with E-state index in [1.165, 1.54) is 0 Å². The number of aliphatic hydroxyl groups excluding tert-OH is 1. The quantitative estimate of drug-likeness (QED) is 0.102. The van der Waals surface area contributed by atoms with Crippen molar-refractivity contribution in [3.63, 3.8) is 0 Å². The van der Waals surface area contributed by atoms with E-state index < -0.39 is 27.8 Å². The number of ether oxygens (including phenoxy) is 5. The first kappa shape index (κ1) is 63.7. The van der Waals surface area contributed by atoms with Crippen molar-refractivity contribution in [3.8, 4) is 0 Å². The van der Waals surface area contributed by atoms with E-state index in [4.69, 9.17) is 44.1 Å². The summed E-state index contributed by atoms with van der Waals surface area (Å²) in [6.45, 7) is 40.5. The molecule has 0 radical (unpaired) electrons. The van der Waals surface area contributed by atoms with Crippen LogP contribution < -0.4 is 0 Å². The second-order valence-electron chi connectivity index (χ2n) is 19.4. The molecule has 2 aliphatic heterocycles. The van der Waals surface area contributed by atoms with E-state index in [-0.39, 0.29) is 56.8 Å². The monoisotopic (exact) mass is 891 g/mol. The Morgan fingerprint density at radius 1 is 0.569 bits per heavy atom. The minimum absolute atomic E-state index is 0. The van der Waals surface area contributed by atoms with E-state index in [0.717, 1.165) is 12.8 Å². The van der Waals surface area contributed by atoms with E-state index in [2.05, 4.69) is 67.7 Å². The maximum Gasteiger partial charge on any atom is 0.410 e. The molecule has 352 valence electrons. The summed E-state index contributed by atoms with van der Waals surface area (Å²) in [4.78, 5) is 27.0. The number of likely N-dealkylation sites (tertiary alicyclic amines) is 2. The van der Waals surface area contributed by atoms with Gasteiger partial charge < -0.3 is 47.4 Å². The zero-order chi connectivity index (χ0) is 42.7. The molecule has 15 heteroatoms. The molecule has 0 atom stereocenters. The second-order valence-corrected chi connectivity index (χ2v) is 29.4. The Balaban J connectivity index is -0.000000401. The molecule has 2 saturated heterocycles. The van der Waals surface area contributed by atoms with Crippen molar-refractivity contribution in [2.45, 2.75) is 191 Å². The van der Waals surface area contributed by atoms with Crippen molar-refractivity contribution in [2.75, 3.05) is 78.3 Å². The Hall–Kier alpha value is -0.976. The first-order valence-electron chi connectivity index (χ1n) is 20.3. The van der Waals surface area contributed by atoms with Crippen molar-refractivity contribution in [1.82, 2.24) is 9.80 Å². The first-order valence-corrected chi connectivity index (χ1v) is 26.6. The van der Waals surface area contributed by atoms with Gasteiger partial charge in [-0.2, -0.15) is 0 Å². The molecule has 2 aliphatic rings. The number of piperidine rings is 2. The number of carbonyl (C=O) groups is 2. The lowest BCUT2D eigenvalue weighted by Gasteiger charge is -2.36. The highest BCUT2D eigenvalue weighted by molar-refractivity contribution is 6.74. The Kier molecular flexibility index (Phi) is 32.2.